The Morgan fingerprint density at radius 2 is 2.16 bits per heavy atom. The maximum Gasteiger partial charge on any atom is 0.100 e. The zero-order valence-corrected chi connectivity index (χ0v) is 10.9. The molecular weight excluding hydrogens is 238 g/mol. The van der Waals surface area contributed by atoms with Gasteiger partial charge in [0.15, 0.2) is 0 Å². The van der Waals surface area contributed by atoms with Crippen LogP contribution in [0.25, 0.3) is 16.9 Å². The monoisotopic (exact) mass is 253 g/mol. The summed E-state index contributed by atoms with van der Waals surface area (Å²) in [6.07, 6.45) is 9.19. The Hall–Kier alpha value is -2.43. The van der Waals surface area contributed by atoms with Gasteiger partial charge in [-0.1, -0.05) is 13.8 Å². The Labute approximate surface area is 111 Å². The van der Waals surface area contributed by atoms with E-state index in [1.54, 1.807) is 12.5 Å². The smallest absolute Gasteiger partial charge is 0.100 e. The molecule has 3 rings (SSSR count). The Bertz CT molecular complexity index is 666. The Balaban J connectivity index is 2.00. The van der Waals surface area contributed by atoms with E-state index in [2.05, 4.69) is 34.0 Å². The number of hydrogen-bond acceptors (Lipinski definition) is 3. The maximum atomic E-state index is 4.42. The number of hydrogen-bond donors (Lipinski definition) is 1. The van der Waals surface area contributed by atoms with Gasteiger partial charge in [0.05, 0.1) is 23.3 Å². The molecule has 3 heterocycles. The highest BCUT2D eigenvalue weighted by atomic mass is 15.2. The number of aromatic amines is 1. The number of imidazole rings is 1. The van der Waals surface area contributed by atoms with Gasteiger partial charge in [-0.15, -0.1) is 0 Å². The number of nitrogens with zero attached hydrogens (tertiary/aromatic N) is 4. The molecule has 0 fully saturated rings. The third-order valence-corrected chi connectivity index (χ3v) is 3.04. The quantitative estimate of drug-likeness (QED) is 0.780. The SMILES string of the molecule is CC(C)c1[nH]ncc1-n1cnc(-c2cccnc2)c1. The zero-order chi connectivity index (χ0) is 13.2. The van der Waals surface area contributed by atoms with Gasteiger partial charge >= 0.3 is 0 Å². The van der Waals surface area contributed by atoms with Crippen LogP contribution in [0.15, 0.2) is 43.2 Å². The summed E-state index contributed by atoms with van der Waals surface area (Å²) in [5, 5.41) is 7.16. The van der Waals surface area contributed by atoms with E-state index < -0.39 is 0 Å². The molecule has 19 heavy (non-hydrogen) atoms. The van der Waals surface area contributed by atoms with Crippen molar-refractivity contribution in [1.82, 2.24) is 24.7 Å². The lowest BCUT2D eigenvalue weighted by atomic mass is 10.1. The van der Waals surface area contributed by atoms with Gasteiger partial charge in [-0.05, 0) is 18.1 Å². The topological polar surface area (TPSA) is 59.4 Å². The highest BCUT2D eigenvalue weighted by molar-refractivity contribution is 5.57. The summed E-state index contributed by atoms with van der Waals surface area (Å²) in [5.74, 6) is 0.391. The minimum atomic E-state index is 0.391. The molecule has 0 aliphatic carbocycles. The van der Waals surface area contributed by atoms with Gasteiger partial charge in [-0.25, -0.2) is 4.98 Å². The van der Waals surface area contributed by atoms with Crippen LogP contribution in [-0.2, 0) is 0 Å². The minimum Gasteiger partial charge on any atom is -0.302 e. The number of aromatic nitrogens is 5. The van der Waals surface area contributed by atoms with Crippen LogP contribution in [0.2, 0.25) is 0 Å². The van der Waals surface area contributed by atoms with Crippen molar-refractivity contribution in [2.45, 2.75) is 19.8 Å². The molecule has 0 saturated heterocycles. The fourth-order valence-corrected chi connectivity index (χ4v) is 2.04. The van der Waals surface area contributed by atoms with E-state index in [0.717, 1.165) is 22.6 Å². The van der Waals surface area contributed by atoms with Crippen LogP contribution in [0.1, 0.15) is 25.5 Å². The molecule has 0 aliphatic heterocycles. The predicted octanol–water partition coefficient (Wildman–Crippen LogP) is 2.78. The van der Waals surface area contributed by atoms with Crippen LogP contribution in [0, 0.1) is 0 Å². The number of H-pyrrole nitrogens is 1. The van der Waals surface area contributed by atoms with Crippen molar-refractivity contribution in [2.75, 3.05) is 0 Å². The maximum absolute atomic E-state index is 4.42. The fourth-order valence-electron chi connectivity index (χ4n) is 2.04. The van der Waals surface area contributed by atoms with E-state index in [4.69, 9.17) is 0 Å². The second-order valence-electron chi connectivity index (χ2n) is 4.73. The molecule has 0 amide bonds. The molecule has 5 nitrogen and oxygen atoms in total. The van der Waals surface area contributed by atoms with Crippen molar-refractivity contribution in [1.29, 1.82) is 0 Å². The van der Waals surface area contributed by atoms with Crippen LogP contribution >= 0.6 is 0 Å². The largest absolute Gasteiger partial charge is 0.302 e. The highest BCUT2D eigenvalue weighted by Crippen LogP contribution is 2.22. The first-order valence-electron chi connectivity index (χ1n) is 6.23. The van der Waals surface area contributed by atoms with Crippen LogP contribution in [-0.4, -0.2) is 24.7 Å². The van der Waals surface area contributed by atoms with E-state index in [9.17, 15) is 0 Å². The van der Waals surface area contributed by atoms with Gasteiger partial charge in [0.2, 0.25) is 0 Å². The number of nitrogens with one attached hydrogen (secondary N) is 1. The molecule has 0 saturated carbocycles. The molecule has 0 aromatic carbocycles. The summed E-state index contributed by atoms with van der Waals surface area (Å²) in [5.41, 5.74) is 4.06. The molecule has 0 bridgehead atoms. The van der Waals surface area contributed by atoms with Crippen LogP contribution < -0.4 is 0 Å². The van der Waals surface area contributed by atoms with Crippen LogP contribution in [0.3, 0.4) is 0 Å². The minimum absolute atomic E-state index is 0.391. The Morgan fingerprint density at radius 3 is 2.89 bits per heavy atom. The molecule has 96 valence electrons. The van der Waals surface area contributed by atoms with Gasteiger partial charge in [0.25, 0.3) is 0 Å². The van der Waals surface area contributed by atoms with Crippen molar-refractivity contribution in [3.05, 3.63) is 48.9 Å². The average Bonchev–Trinajstić information content (AvgIpc) is 3.08. The molecule has 0 atom stereocenters. The Kier molecular flexibility index (Phi) is 2.87. The van der Waals surface area contributed by atoms with Gasteiger partial charge < -0.3 is 4.57 Å². The van der Waals surface area contributed by atoms with Crippen molar-refractivity contribution in [3.8, 4) is 16.9 Å². The van der Waals surface area contributed by atoms with E-state index in [0.29, 0.717) is 5.92 Å². The lowest BCUT2D eigenvalue weighted by Crippen LogP contribution is -1.96. The standard InChI is InChI=1S/C14H15N5/c1-10(2)14-13(7-17-18-14)19-8-12(16-9-19)11-4-3-5-15-6-11/h3-10H,1-2H3,(H,17,18). The van der Waals surface area contributed by atoms with Gasteiger partial charge in [-0.2, -0.15) is 5.10 Å². The first kappa shape index (κ1) is 11.6. The van der Waals surface area contributed by atoms with Crippen molar-refractivity contribution < 1.29 is 0 Å². The van der Waals surface area contributed by atoms with E-state index in [1.165, 1.54) is 0 Å². The third kappa shape index (κ3) is 2.14. The summed E-state index contributed by atoms with van der Waals surface area (Å²) in [4.78, 5) is 8.54. The molecule has 5 heteroatoms. The summed E-state index contributed by atoms with van der Waals surface area (Å²) in [6.45, 7) is 4.27. The number of rotatable bonds is 3. The summed E-state index contributed by atoms with van der Waals surface area (Å²) in [6, 6.07) is 3.91. The van der Waals surface area contributed by atoms with Crippen molar-refractivity contribution in [2.24, 2.45) is 0 Å². The van der Waals surface area contributed by atoms with E-state index >= 15 is 0 Å². The molecule has 1 N–H and O–H groups in total. The van der Waals surface area contributed by atoms with Crippen molar-refractivity contribution >= 4 is 0 Å². The number of pyridine rings is 1. The summed E-state index contributed by atoms with van der Waals surface area (Å²) < 4.78 is 1.99. The molecule has 0 unspecified atom stereocenters. The Morgan fingerprint density at radius 1 is 1.26 bits per heavy atom. The van der Waals surface area contributed by atoms with Crippen LogP contribution in [0.5, 0.6) is 0 Å². The lowest BCUT2D eigenvalue weighted by molar-refractivity contribution is 0.799. The van der Waals surface area contributed by atoms with Crippen molar-refractivity contribution in [3.63, 3.8) is 0 Å². The molecule has 3 aromatic heterocycles. The molecule has 3 aromatic rings. The molecule has 0 radical (unpaired) electrons. The first-order chi connectivity index (χ1) is 9.25. The third-order valence-electron chi connectivity index (χ3n) is 3.04. The molecular formula is C14H15N5. The van der Waals surface area contributed by atoms with Gasteiger partial charge in [0, 0.05) is 24.2 Å². The van der Waals surface area contributed by atoms with E-state index in [1.807, 2.05) is 35.3 Å². The van der Waals surface area contributed by atoms with E-state index in [-0.39, 0.29) is 0 Å². The second kappa shape index (κ2) is 4.68. The summed E-state index contributed by atoms with van der Waals surface area (Å²) >= 11 is 0. The predicted molar refractivity (Wildman–Crippen MR) is 73.0 cm³/mol. The fraction of sp³-hybridized carbons (Fsp3) is 0.214. The normalized spacial score (nSPS) is 11.1. The van der Waals surface area contributed by atoms with Gasteiger partial charge in [-0.3, -0.25) is 10.1 Å². The molecule has 0 aliphatic rings. The lowest BCUT2D eigenvalue weighted by Gasteiger charge is -2.05. The van der Waals surface area contributed by atoms with Gasteiger partial charge in [0.1, 0.15) is 6.33 Å². The zero-order valence-electron chi connectivity index (χ0n) is 10.9. The highest BCUT2D eigenvalue weighted by Gasteiger charge is 2.11. The second-order valence-corrected chi connectivity index (χ2v) is 4.73. The average molecular weight is 253 g/mol. The summed E-state index contributed by atoms with van der Waals surface area (Å²) in [7, 11) is 0. The molecule has 0 spiro atoms. The first-order valence-corrected chi connectivity index (χ1v) is 6.23. The van der Waals surface area contributed by atoms with Crippen LogP contribution in [0.4, 0.5) is 0 Å².